The summed E-state index contributed by atoms with van der Waals surface area (Å²) in [6, 6.07) is 15.1. The number of nitrogens with one attached hydrogen (secondary N) is 3. The minimum Gasteiger partial charge on any atom is -0.453 e. The average Bonchev–Trinajstić information content (AvgIpc) is 2.75. The second-order valence-corrected chi connectivity index (χ2v) is 8.09. The summed E-state index contributed by atoms with van der Waals surface area (Å²) in [5.41, 5.74) is 0.874. The molecule has 0 aliphatic rings. The fourth-order valence-corrected chi connectivity index (χ4v) is 3.37. The molecule has 3 amide bonds. The van der Waals surface area contributed by atoms with E-state index in [0.717, 1.165) is 16.9 Å². The van der Waals surface area contributed by atoms with Crippen molar-refractivity contribution in [3.8, 4) is 0 Å². The number of hydrogen-bond acceptors (Lipinski definition) is 6. The molecule has 32 heavy (non-hydrogen) atoms. The number of hydrogen-bond donors (Lipinski definition) is 3. The van der Waals surface area contributed by atoms with Crippen molar-refractivity contribution in [1.29, 1.82) is 0 Å². The molecule has 10 heteroatoms. The minimum atomic E-state index is -0.927. The van der Waals surface area contributed by atoms with Gasteiger partial charge in [0.25, 0.3) is 0 Å². The van der Waals surface area contributed by atoms with Gasteiger partial charge in [-0.25, -0.2) is 9.59 Å². The second-order valence-electron chi connectivity index (χ2n) is 6.94. The topological polar surface area (TPSA) is 118 Å². The van der Waals surface area contributed by atoms with Crippen LogP contribution in [0.3, 0.4) is 0 Å². The van der Waals surface area contributed by atoms with E-state index in [9.17, 15) is 14.4 Å². The first-order valence-corrected chi connectivity index (χ1v) is 10.6. The summed E-state index contributed by atoms with van der Waals surface area (Å²) >= 11 is 1.51. The summed E-state index contributed by atoms with van der Waals surface area (Å²) in [6.07, 6.45) is -1.42. The summed E-state index contributed by atoms with van der Waals surface area (Å²) in [5, 5.41) is 8.04. The lowest BCUT2D eigenvalue weighted by Crippen LogP contribution is -2.36. The lowest BCUT2D eigenvalue weighted by atomic mass is 10.1. The van der Waals surface area contributed by atoms with E-state index in [4.69, 9.17) is 0 Å². The number of rotatable bonds is 6. The standard InChI is InChI=1S/C22H26N4O5S/c1-14(2)12-19(27)23-17-11-10-16(32-15-8-6-5-7-9-15)13-18(17)24-20(25-21(28)30-3)26-22(29)31-4/h5-11,13-14H,12H2,1-4H3,(H,23,27)(H2,24,25,26,28,29). The fraction of sp³-hybridized carbons (Fsp3) is 0.273. The van der Waals surface area contributed by atoms with E-state index < -0.39 is 12.2 Å². The summed E-state index contributed by atoms with van der Waals surface area (Å²) < 4.78 is 9.12. The van der Waals surface area contributed by atoms with Crippen LogP contribution in [-0.2, 0) is 14.3 Å². The van der Waals surface area contributed by atoms with Crippen molar-refractivity contribution in [2.24, 2.45) is 10.9 Å². The number of guanidine groups is 1. The second kappa shape index (κ2) is 12.4. The third-order valence-electron chi connectivity index (χ3n) is 3.87. The molecule has 2 aromatic carbocycles. The number of carbonyl (C=O) groups is 3. The Morgan fingerprint density at radius 1 is 0.938 bits per heavy atom. The highest BCUT2D eigenvalue weighted by Gasteiger charge is 2.15. The van der Waals surface area contributed by atoms with Crippen molar-refractivity contribution >= 4 is 47.2 Å². The Morgan fingerprint density at radius 3 is 2.28 bits per heavy atom. The van der Waals surface area contributed by atoms with Crippen LogP contribution in [0.4, 0.5) is 21.0 Å². The van der Waals surface area contributed by atoms with E-state index in [1.54, 1.807) is 12.1 Å². The van der Waals surface area contributed by atoms with E-state index in [1.165, 1.54) is 18.9 Å². The van der Waals surface area contributed by atoms with Gasteiger partial charge < -0.3 is 20.1 Å². The van der Waals surface area contributed by atoms with Gasteiger partial charge in [0, 0.05) is 16.2 Å². The van der Waals surface area contributed by atoms with Gasteiger partial charge in [0.2, 0.25) is 11.9 Å². The lowest BCUT2D eigenvalue weighted by molar-refractivity contribution is -0.116. The zero-order valence-corrected chi connectivity index (χ0v) is 19.1. The van der Waals surface area contributed by atoms with Crippen molar-refractivity contribution in [3.05, 3.63) is 48.5 Å². The molecule has 0 unspecified atom stereocenters. The van der Waals surface area contributed by atoms with Gasteiger partial charge in [0.15, 0.2) is 0 Å². The Bertz CT molecular complexity index is 980. The van der Waals surface area contributed by atoms with Gasteiger partial charge in [0.1, 0.15) is 0 Å². The predicted octanol–water partition coefficient (Wildman–Crippen LogP) is 4.71. The largest absolute Gasteiger partial charge is 0.453 e. The van der Waals surface area contributed by atoms with E-state index in [1.807, 2.05) is 50.2 Å². The highest BCUT2D eigenvalue weighted by Crippen LogP contribution is 2.33. The van der Waals surface area contributed by atoms with Crippen LogP contribution in [0.25, 0.3) is 0 Å². The number of nitrogens with zero attached hydrogens (tertiary/aromatic N) is 1. The predicted molar refractivity (Wildman–Crippen MR) is 124 cm³/mol. The molecule has 0 aliphatic carbocycles. The van der Waals surface area contributed by atoms with E-state index in [0.29, 0.717) is 17.8 Å². The van der Waals surface area contributed by atoms with Crippen LogP contribution in [0.2, 0.25) is 0 Å². The van der Waals surface area contributed by atoms with Crippen LogP contribution >= 0.6 is 11.8 Å². The van der Waals surface area contributed by atoms with Crippen LogP contribution in [0.1, 0.15) is 20.3 Å². The Labute approximate surface area is 191 Å². The molecule has 2 aromatic rings. The maximum atomic E-state index is 12.3. The van der Waals surface area contributed by atoms with E-state index >= 15 is 0 Å². The molecule has 0 saturated carbocycles. The highest BCUT2D eigenvalue weighted by molar-refractivity contribution is 7.99. The molecule has 0 fully saturated rings. The maximum Gasteiger partial charge on any atom is 0.436 e. The normalized spacial score (nSPS) is 11.0. The van der Waals surface area contributed by atoms with E-state index in [-0.39, 0.29) is 17.8 Å². The number of methoxy groups -OCH3 is 2. The Balaban J connectivity index is 2.39. The average molecular weight is 459 g/mol. The van der Waals surface area contributed by atoms with Gasteiger partial charge in [-0.05, 0) is 36.2 Å². The number of benzene rings is 2. The smallest absolute Gasteiger partial charge is 0.436 e. The molecule has 0 radical (unpaired) electrons. The lowest BCUT2D eigenvalue weighted by Gasteiger charge is -2.16. The van der Waals surface area contributed by atoms with Crippen molar-refractivity contribution in [3.63, 3.8) is 0 Å². The number of anilines is 2. The molecule has 3 N–H and O–H groups in total. The van der Waals surface area contributed by atoms with Crippen molar-refractivity contribution in [1.82, 2.24) is 5.32 Å². The number of alkyl carbamates (subject to hydrolysis) is 1. The van der Waals surface area contributed by atoms with Gasteiger partial charge in [-0.1, -0.05) is 43.8 Å². The zero-order valence-electron chi connectivity index (χ0n) is 18.3. The van der Waals surface area contributed by atoms with Crippen molar-refractivity contribution in [2.75, 3.05) is 24.9 Å². The zero-order chi connectivity index (χ0) is 23.5. The summed E-state index contributed by atoms with van der Waals surface area (Å²) in [6.45, 7) is 3.89. The fourth-order valence-electron chi connectivity index (χ4n) is 2.50. The van der Waals surface area contributed by atoms with E-state index in [2.05, 4.69) is 30.4 Å². The first-order valence-electron chi connectivity index (χ1n) is 9.76. The van der Waals surface area contributed by atoms with Crippen LogP contribution in [-0.4, -0.2) is 38.3 Å². The monoisotopic (exact) mass is 458 g/mol. The first kappa shape index (κ1) is 24.7. The molecule has 9 nitrogen and oxygen atoms in total. The molecule has 0 aromatic heterocycles. The highest BCUT2D eigenvalue weighted by atomic mass is 32.2. The van der Waals surface area contributed by atoms with Gasteiger partial charge in [-0.2, -0.15) is 0 Å². The third-order valence-corrected chi connectivity index (χ3v) is 4.87. The molecule has 0 aliphatic heterocycles. The Kier molecular flexibility index (Phi) is 9.55. The third kappa shape index (κ3) is 8.31. The SMILES string of the molecule is COC(=O)N=C(NC(=O)OC)Nc1cc(Sc2ccccc2)ccc1NC(=O)CC(C)C. The molecule has 0 spiro atoms. The van der Waals surface area contributed by atoms with Crippen LogP contribution in [0.5, 0.6) is 0 Å². The molecular weight excluding hydrogens is 432 g/mol. The summed E-state index contributed by atoms with van der Waals surface area (Å²) in [4.78, 5) is 41.3. The summed E-state index contributed by atoms with van der Waals surface area (Å²) in [5.74, 6) is -0.208. The number of amides is 3. The number of carbonyl (C=O) groups excluding carboxylic acids is 3. The molecule has 0 heterocycles. The summed E-state index contributed by atoms with van der Waals surface area (Å²) in [7, 11) is 2.34. The Hall–Kier alpha value is -3.53. The van der Waals surface area contributed by atoms with Crippen LogP contribution < -0.4 is 16.0 Å². The molecule has 2 rings (SSSR count). The van der Waals surface area contributed by atoms with Crippen molar-refractivity contribution in [2.45, 2.75) is 30.1 Å². The molecule has 170 valence electrons. The quantitative estimate of drug-likeness (QED) is 0.424. The van der Waals surface area contributed by atoms with Gasteiger partial charge in [0.05, 0.1) is 25.6 Å². The molecule has 0 bridgehead atoms. The Morgan fingerprint density at radius 2 is 1.66 bits per heavy atom. The van der Waals surface area contributed by atoms with Crippen molar-refractivity contribution < 1.29 is 23.9 Å². The molecule has 0 atom stereocenters. The van der Waals surface area contributed by atoms with Crippen LogP contribution in [0, 0.1) is 5.92 Å². The van der Waals surface area contributed by atoms with Gasteiger partial charge >= 0.3 is 12.2 Å². The molecule has 0 saturated heterocycles. The number of ether oxygens (including phenoxy) is 2. The van der Waals surface area contributed by atoms with Gasteiger partial charge in [-0.3, -0.25) is 10.1 Å². The number of aliphatic imine (C=N–C) groups is 1. The first-order chi connectivity index (χ1) is 15.3. The minimum absolute atomic E-state index is 0.168. The van der Waals surface area contributed by atoms with Crippen LogP contribution in [0.15, 0.2) is 63.3 Å². The molecular formula is C22H26N4O5S. The van der Waals surface area contributed by atoms with Gasteiger partial charge in [-0.15, -0.1) is 4.99 Å². The maximum absolute atomic E-state index is 12.3.